The van der Waals surface area contributed by atoms with Gasteiger partial charge in [-0.25, -0.2) is 4.98 Å². The van der Waals surface area contributed by atoms with E-state index in [2.05, 4.69) is 9.72 Å². The number of pyridine rings is 1. The second-order valence-corrected chi connectivity index (χ2v) is 6.23. The minimum absolute atomic E-state index is 0.0821. The molecule has 0 aliphatic rings. The average molecular weight is 418 g/mol. The van der Waals surface area contributed by atoms with Gasteiger partial charge in [-0.3, -0.25) is 4.79 Å². The molecule has 0 aliphatic carbocycles. The number of nitrogens with zero attached hydrogens (tertiary/aromatic N) is 1. The van der Waals surface area contributed by atoms with Crippen LogP contribution in [0.15, 0.2) is 60.7 Å². The summed E-state index contributed by atoms with van der Waals surface area (Å²) in [5.41, 5.74) is 7.34. The van der Waals surface area contributed by atoms with Gasteiger partial charge in [0.1, 0.15) is 22.9 Å². The van der Waals surface area contributed by atoms with Crippen LogP contribution in [0.2, 0.25) is 0 Å². The van der Waals surface area contributed by atoms with E-state index in [0.29, 0.717) is 29.2 Å². The standard InChI is InChI=1S/C21H17F3N2O4/c22-21(23,24)30-17-7-5-16(6-8-17)29-15-3-1-14(2-4-15)18-11-13(9-10-27)12-19(26-18)20(25)28/h1-8,11-12,27H,9-10H2,(H2,25,28). The maximum atomic E-state index is 12.2. The third-order valence-corrected chi connectivity index (χ3v) is 3.98. The van der Waals surface area contributed by atoms with Crippen LogP contribution in [0.1, 0.15) is 16.1 Å². The summed E-state index contributed by atoms with van der Waals surface area (Å²) in [7, 11) is 0. The number of amides is 1. The van der Waals surface area contributed by atoms with E-state index >= 15 is 0 Å². The van der Waals surface area contributed by atoms with Crippen LogP contribution in [0.4, 0.5) is 13.2 Å². The lowest BCUT2D eigenvalue weighted by molar-refractivity contribution is -0.274. The van der Waals surface area contributed by atoms with Gasteiger partial charge in [-0.2, -0.15) is 0 Å². The molecule has 0 fully saturated rings. The van der Waals surface area contributed by atoms with E-state index in [1.54, 1.807) is 30.3 Å². The number of aliphatic hydroxyl groups is 1. The van der Waals surface area contributed by atoms with Crippen molar-refractivity contribution in [1.29, 1.82) is 0 Å². The van der Waals surface area contributed by atoms with E-state index in [-0.39, 0.29) is 18.1 Å². The van der Waals surface area contributed by atoms with E-state index in [1.807, 2.05) is 0 Å². The number of halogens is 3. The molecule has 1 heterocycles. The number of hydrogen-bond acceptors (Lipinski definition) is 5. The number of primary amides is 1. The highest BCUT2D eigenvalue weighted by Gasteiger charge is 2.30. The molecule has 30 heavy (non-hydrogen) atoms. The van der Waals surface area contributed by atoms with Crippen molar-refractivity contribution in [3.8, 4) is 28.5 Å². The van der Waals surface area contributed by atoms with Gasteiger partial charge in [-0.05, 0) is 72.6 Å². The lowest BCUT2D eigenvalue weighted by atomic mass is 10.1. The second-order valence-electron chi connectivity index (χ2n) is 6.23. The molecule has 9 heteroatoms. The van der Waals surface area contributed by atoms with Gasteiger partial charge in [0.2, 0.25) is 0 Å². The van der Waals surface area contributed by atoms with Crippen molar-refractivity contribution in [2.24, 2.45) is 5.73 Å². The molecule has 0 bridgehead atoms. The van der Waals surface area contributed by atoms with E-state index in [9.17, 15) is 18.0 Å². The van der Waals surface area contributed by atoms with Crippen LogP contribution in [0.25, 0.3) is 11.3 Å². The molecule has 0 radical (unpaired) electrons. The Labute approximate surface area is 169 Å². The predicted octanol–water partition coefficient (Wildman–Crippen LogP) is 4.07. The first kappa shape index (κ1) is 21.1. The van der Waals surface area contributed by atoms with Crippen LogP contribution in [0, 0.1) is 0 Å². The van der Waals surface area contributed by atoms with Gasteiger partial charge < -0.3 is 20.3 Å². The average Bonchev–Trinajstić information content (AvgIpc) is 2.69. The monoisotopic (exact) mass is 418 g/mol. The maximum Gasteiger partial charge on any atom is 0.573 e. The minimum Gasteiger partial charge on any atom is -0.457 e. The first-order chi connectivity index (χ1) is 14.2. The Morgan fingerprint density at radius 2 is 1.53 bits per heavy atom. The smallest absolute Gasteiger partial charge is 0.457 e. The quantitative estimate of drug-likeness (QED) is 0.603. The van der Waals surface area contributed by atoms with Crippen LogP contribution >= 0.6 is 0 Å². The molecule has 0 atom stereocenters. The van der Waals surface area contributed by atoms with Crippen LogP contribution in [-0.2, 0) is 6.42 Å². The zero-order valence-electron chi connectivity index (χ0n) is 15.5. The fourth-order valence-corrected chi connectivity index (χ4v) is 2.67. The molecule has 0 saturated heterocycles. The molecule has 2 aromatic carbocycles. The summed E-state index contributed by atoms with van der Waals surface area (Å²) in [6.07, 6.45) is -4.40. The molecule has 0 aliphatic heterocycles. The van der Waals surface area contributed by atoms with Crippen molar-refractivity contribution >= 4 is 5.91 Å². The van der Waals surface area contributed by atoms with Crippen LogP contribution in [0.5, 0.6) is 17.2 Å². The molecule has 0 saturated carbocycles. The van der Waals surface area contributed by atoms with Gasteiger partial charge >= 0.3 is 6.36 Å². The summed E-state index contributed by atoms with van der Waals surface area (Å²) in [5.74, 6) is -0.237. The zero-order chi connectivity index (χ0) is 21.7. The normalized spacial score (nSPS) is 11.2. The summed E-state index contributed by atoms with van der Waals surface area (Å²) >= 11 is 0. The summed E-state index contributed by atoms with van der Waals surface area (Å²) in [5, 5.41) is 9.14. The van der Waals surface area contributed by atoms with E-state index in [1.165, 1.54) is 18.2 Å². The van der Waals surface area contributed by atoms with E-state index in [0.717, 1.165) is 17.7 Å². The summed E-state index contributed by atoms with van der Waals surface area (Å²) in [4.78, 5) is 15.7. The number of alkyl halides is 3. The first-order valence-electron chi connectivity index (χ1n) is 8.79. The van der Waals surface area contributed by atoms with Gasteiger partial charge in [0.15, 0.2) is 0 Å². The molecular formula is C21H17F3N2O4. The molecular weight excluding hydrogens is 401 g/mol. The topological polar surface area (TPSA) is 94.7 Å². The zero-order valence-corrected chi connectivity index (χ0v) is 15.5. The Morgan fingerprint density at radius 1 is 0.967 bits per heavy atom. The van der Waals surface area contributed by atoms with E-state index < -0.39 is 12.3 Å². The Morgan fingerprint density at radius 3 is 2.07 bits per heavy atom. The predicted molar refractivity (Wildman–Crippen MR) is 102 cm³/mol. The Balaban J connectivity index is 1.76. The van der Waals surface area contributed by atoms with Crippen LogP contribution in [0.3, 0.4) is 0 Å². The van der Waals surface area contributed by atoms with Crippen molar-refractivity contribution in [2.45, 2.75) is 12.8 Å². The van der Waals surface area contributed by atoms with Gasteiger partial charge in [-0.15, -0.1) is 13.2 Å². The molecule has 3 N–H and O–H groups in total. The molecule has 3 rings (SSSR count). The molecule has 1 amide bonds. The number of ether oxygens (including phenoxy) is 2. The second kappa shape index (κ2) is 8.83. The highest BCUT2D eigenvalue weighted by atomic mass is 19.4. The number of rotatable bonds is 7. The van der Waals surface area contributed by atoms with Gasteiger partial charge in [-0.1, -0.05) is 0 Å². The van der Waals surface area contributed by atoms with Crippen molar-refractivity contribution in [2.75, 3.05) is 6.61 Å². The maximum absolute atomic E-state index is 12.2. The fourth-order valence-electron chi connectivity index (χ4n) is 2.67. The van der Waals surface area contributed by atoms with Gasteiger partial charge in [0.25, 0.3) is 5.91 Å². The lowest BCUT2D eigenvalue weighted by Crippen LogP contribution is -2.16. The van der Waals surface area contributed by atoms with E-state index in [4.69, 9.17) is 15.6 Å². The molecule has 3 aromatic rings. The Hall–Kier alpha value is -3.59. The highest BCUT2D eigenvalue weighted by Crippen LogP contribution is 2.29. The van der Waals surface area contributed by atoms with Crippen LogP contribution < -0.4 is 15.2 Å². The third kappa shape index (κ3) is 5.71. The minimum atomic E-state index is -4.75. The Kier molecular flexibility index (Phi) is 6.22. The number of nitrogens with two attached hydrogens (primary N) is 1. The summed E-state index contributed by atoms with van der Waals surface area (Å²) in [6.45, 7) is -0.0821. The first-order valence-corrected chi connectivity index (χ1v) is 8.79. The van der Waals surface area contributed by atoms with Crippen molar-refractivity contribution in [3.63, 3.8) is 0 Å². The fraction of sp³-hybridized carbons (Fsp3) is 0.143. The number of carbonyl (C=O) groups is 1. The lowest BCUT2D eigenvalue weighted by Gasteiger charge is -2.11. The summed E-state index contributed by atoms with van der Waals surface area (Å²) in [6, 6.07) is 15.0. The molecule has 0 unspecified atom stereocenters. The molecule has 0 spiro atoms. The van der Waals surface area contributed by atoms with Gasteiger partial charge in [0.05, 0.1) is 5.69 Å². The third-order valence-electron chi connectivity index (χ3n) is 3.98. The number of aliphatic hydroxyl groups excluding tert-OH is 1. The highest BCUT2D eigenvalue weighted by molar-refractivity contribution is 5.91. The van der Waals surface area contributed by atoms with Gasteiger partial charge in [0, 0.05) is 12.2 Å². The number of hydrogen-bond donors (Lipinski definition) is 2. The Bertz CT molecular complexity index is 1020. The van der Waals surface area contributed by atoms with Crippen LogP contribution in [-0.4, -0.2) is 29.0 Å². The molecule has 156 valence electrons. The number of carbonyl (C=O) groups excluding carboxylic acids is 1. The SMILES string of the molecule is NC(=O)c1cc(CCO)cc(-c2ccc(Oc3ccc(OC(F)(F)F)cc3)cc2)n1. The van der Waals surface area contributed by atoms with Crippen molar-refractivity contribution < 1.29 is 32.5 Å². The summed E-state index contributed by atoms with van der Waals surface area (Å²) < 4.78 is 46.0. The van der Waals surface area contributed by atoms with Crippen molar-refractivity contribution in [3.05, 3.63) is 71.9 Å². The van der Waals surface area contributed by atoms with Crippen molar-refractivity contribution in [1.82, 2.24) is 4.98 Å². The number of benzene rings is 2. The largest absolute Gasteiger partial charge is 0.573 e. The molecule has 1 aromatic heterocycles. The number of aromatic nitrogens is 1. The molecule has 6 nitrogen and oxygen atoms in total.